The van der Waals surface area contributed by atoms with Crippen molar-refractivity contribution in [3.63, 3.8) is 0 Å². The minimum Gasteiger partial charge on any atom is -0.506 e. The first-order valence-electron chi connectivity index (χ1n) is 8.17. The van der Waals surface area contributed by atoms with Crippen LogP contribution in [0.1, 0.15) is 11.4 Å². The molecule has 2 heterocycles. The van der Waals surface area contributed by atoms with Crippen LogP contribution in [0.2, 0.25) is 0 Å². The molecule has 4 aromatic rings. The topological polar surface area (TPSA) is 93.3 Å². The molecule has 0 aliphatic heterocycles. The van der Waals surface area contributed by atoms with Gasteiger partial charge in [-0.25, -0.2) is 14.1 Å². The van der Waals surface area contributed by atoms with Crippen LogP contribution in [0.4, 0.5) is 4.39 Å². The van der Waals surface area contributed by atoms with E-state index < -0.39 is 12.4 Å². The predicted octanol–water partition coefficient (Wildman–Crippen LogP) is 2.73. The second-order valence-corrected chi connectivity index (χ2v) is 5.80. The normalized spacial score (nSPS) is 11.0. The molecule has 2 aromatic carbocycles. The van der Waals surface area contributed by atoms with Crippen molar-refractivity contribution in [2.75, 3.05) is 0 Å². The molecule has 8 heteroatoms. The third-order valence-corrected chi connectivity index (χ3v) is 3.97. The van der Waals surface area contributed by atoms with Crippen LogP contribution in [0.5, 0.6) is 11.6 Å². The van der Waals surface area contributed by atoms with Gasteiger partial charge in [0.2, 0.25) is 5.88 Å². The number of aromatic hydroxyl groups is 1. The highest BCUT2D eigenvalue weighted by atomic mass is 19.1. The minimum absolute atomic E-state index is 0.147. The van der Waals surface area contributed by atoms with E-state index in [0.717, 1.165) is 11.6 Å². The lowest BCUT2D eigenvalue weighted by atomic mass is 10.2. The number of nitrogens with zero attached hydrogens (tertiary/aromatic N) is 4. The summed E-state index contributed by atoms with van der Waals surface area (Å²) in [5.74, 6) is -0.434. The van der Waals surface area contributed by atoms with E-state index in [1.165, 1.54) is 23.0 Å². The van der Waals surface area contributed by atoms with Crippen molar-refractivity contribution in [3.8, 4) is 17.3 Å². The number of aromatic nitrogens is 4. The van der Waals surface area contributed by atoms with Crippen LogP contribution < -0.4 is 4.74 Å². The minimum atomic E-state index is -0.565. The number of phenols is 1. The molecule has 0 fully saturated rings. The number of aliphatic hydroxyl groups is 1. The number of rotatable bonds is 5. The lowest BCUT2D eigenvalue weighted by Gasteiger charge is -2.09. The summed E-state index contributed by atoms with van der Waals surface area (Å²) in [7, 11) is 0. The Kier molecular flexibility index (Phi) is 4.39. The number of benzene rings is 2. The Morgan fingerprint density at radius 1 is 1.07 bits per heavy atom. The van der Waals surface area contributed by atoms with Gasteiger partial charge in [0.25, 0.3) is 0 Å². The third kappa shape index (κ3) is 3.30. The Labute approximate surface area is 153 Å². The molecule has 2 aromatic heterocycles. The molecule has 0 atom stereocenters. The van der Waals surface area contributed by atoms with E-state index in [9.17, 15) is 14.6 Å². The number of aliphatic hydroxyl groups excluding tert-OH is 1. The van der Waals surface area contributed by atoms with Crippen molar-refractivity contribution in [1.82, 2.24) is 19.7 Å². The second kappa shape index (κ2) is 7.00. The number of fused-ring (bicyclic) bond motifs is 1. The van der Waals surface area contributed by atoms with E-state index >= 15 is 0 Å². The van der Waals surface area contributed by atoms with Crippen molar-refractivity contribution in [2.24, 2.45) is 0 Å². The molecule has 0 aliphatic carbocycles. The summed E-state index contributed by atoms with van der Waals surface area (Å²) in [5, 5.41) is 24.3. The zero-order valence-electron chi connectivity index (χ0n) is 14.1. The fourth-order valence-electron chi connectivity index (χ4n) is 2.68. The summed E-state index contributed by atoms with van der Waals surface area (Å²) in [6, 6.07) is 13.2. The molecule has 0 spiro atoms. The number of halogens is 1. The van der Waals surface area contributed by atoms with Crippen molar-refractivity contribution >= 4 is 11.0 Å². The largest absolute Gasteiger partial charge is 0.506 e. The summed E-state index contributed by atoms with van der Waals surface area (Å²) < 4.78 is 20.4. The van der Waals surface area contributed by atoms with Crippen LogP contribution >= 0.6 is 0 Å². The van der Waals surface area contributed by atoms with Crippen LogP contribution in [0.15, 0.2) is 54.7 Å². The Balaban J connectivity index is 1.78. The van der Waals surface area contributed by atoms with Gasteiger partial charge in [0.05, 0.1) is 6.20 Å². The molecule has 0 aliphatic rings. The Morgan fingerprint density at radius 2 is 1.89 bits per heavy atom. The maximum atomic E-state index is 13.3. The highest BCUT2D eigenvalue weighted by molar-refractivity contribution is 5.82. The van der Waals surface area contributed by atoms with Crippen molar-refractivity contribution in [2.45, 2.75) is 13.2 Å². The summed E-state index contributed by atoms with van der Waals surface area (Å²) in [4.78, 5) is 8.48. The molecular weight excluding hydrogens is 351 g/mol. The van der Waals surface area contributed by atoms with E-state index in [1.807, 2.05) is 30.3 Å². The molecule has 0 amide bonds. The molecule has 7 nitrogen and oxygen atoms in total. The molecule has 27 heavy (non-hydrogen) atoms. The Morgan fingerprint density at radius 3 is 2.63 bits per heavy atom. The number of phenolic OH excluding ortho intramolecular Hbond substituents is 1. The fourth-order valence-corrected chi connectivity index (χ4v) is 2.68. The van der Waals surface area contributed by atoms with Gasteiger partial charge in [0.1, 0.15) is 35.9 Å². The van der Waals surface area contributed by atoms with Crippen LogP contribution in [0.3, 0.4) is 0 Å². The van der Waals surface area contributed by atoms with Crippen molar-refractivity contribution in [1.29, 1.82) is 0 Å². The number of hydrogen-bond acceptors (Lipinski definition) is 6. The average molecular weight is 366 g/mol. The van der Waals surface area contributed by atoms with Crippen LogP contribution in [0.25, 0.3) is 16.7 Å². The van der Waals surface area contributed by atoms with Crippen LogP contribution in [0, 0.1) is 5.82 Å². The first kappa shape index (κ1) is 16.9. The molecule has 0 saturated carbocycles. The van der Waals surface area contributed by atoms with Gasteiger partial charge in [0, 0.05) is 6.07 Å². The maximum absolute atomic E-state index is 13.3. The lowest BCUT2D eigenvalue weighted by Crippen LogP contribution is -2.05. The average Bonchev–Trinajstić information content (AvgIpc) is 3.10. The Bertz CT molecular complexity index is 1100. The zero-order chi connectivity index (χ0) is 18.8. The zero-order valence-corrected chi connectivity index (χ0v) is 14.1. The van der Waals surface area contributed by atoms with Gasteiger partial charge in [-0.3, -0.25) is 0 Å². The second-order valence-electron chi connectivity index (χ2n) is 5.80. The fraction of sp³-hybridized carbons (Fsp3) is 0.105. The van der Waals surface area contributed by atoms with E-state index in [1.54, 1.807) is 0 Å². The van der Waals surface area contributed by atoms with E-state index in [2.05, 4.69) is 15.1 Å². The van der Waals surface area contributed by atoms with Crippen molar-refractivity contribution in [3.05, 3.63) is 71.9 Å². The van der Waals surface area contributed by atoms with Crippen LogP contribution in [-0.4, -0.2) is 30.0 Å². The van der Waals surface area contributed by atoms with Crippen molar-refractivity contribution < 1.29 is 19.3 Å². The van der Waals surface area contributed by atoms with Gasteiger partial charge in [-0.2, -0.15) is 10.1 Å². The molecule has 4 rings (SSSR count). The first-order valence-corrected chi connectivity index (χ1v) is 8.17. The first-order chi connectivity index (χ1) is 13.2. The van der Waals surface area contributed by atoms with Gasteiger partial charge in [-0.15, -0.1) is 0 Å². The number of hydrogen-bond donors (Lipinski definition) is 2. The van der Waals surface area contributed by atoms with Gasteiger partial charge in [0.15, 0.2) is 11.5 Å². The lowest BCUT2D eigenvalue weighted by molar-refractivity contribution is 0.262. The van der Waals surface area contributed by atoms with Gasteiger partial charge >= 0.3 is 0 Å². The highest BCUT2D eigenvalue weighted by Gasteiger charge is 2.17. The molecule has 0 radical (unpaired) electrons. The van der Waals surface area contributed by atoms with Gasteiger partial charge < -0.3 is 14.9 Å². The highest BCUT2D eigenvalue weighted by Crippen LogP contribution is 2.29. The summed E-state index contributed by atoms with van der Waals surface area (Å²) in [6.07, 6.45) is 1.50. The molecule has 136 valence electrons. The molecule has 2 N–H and O–H groups in total. The summed E-state index contributed by atoms with van der Waals surface area (Å²) >= 11 is 0. The standard InChI is InChI=1S/C19H15FN4O3/c20-13-6-7-15(16(26)8-13)24-18-14(9-21-24)19(23-17(10-25)22-18)27-11-12-4-2-1-3-5-12/h1-9,25-26H,10-11H2. The van der Waals surface area contributed by atoms with E-state index in [0.29, 0.717) is 11.0 Å². The predicted molar refractivity (Wildman–Crippen MR) is 95.0 cm³/mol. The summed E-state index contributed by atoms with van der Waals surface area (Å²) in [5.41, 5.74) is 1.54. The van der Waals surface area contributed by atoms with Gasteiger partial charge in [-0.05, 0) is 17.7 Å². The van der Waals surface area contributed by atoms with E-state index in [4.69, 9.17) is 4.74 Å². The van der Waals surface area contributed by atoms with Gasteiger partial charge in [-0.1, -0.05) is 30.3 Å². The molecule has 0 bridgehead atoms. The Hall–Kier alpha value is -3.52. The van der Waals surface area contributed by atoms with E-state index in [-0.39, 0.29) is 29.7 Å². The smallest absolute Gasteiger partial charge is 0.228 e. The molecule has 0 saturated heterocycles. The van der Waals surface area contributed by atoms with Crippen LogP contribution in [-0.2, 0) is 13.2 Å². The third-order valence-electron chi connectivity index (χ3n) is 3.97. The molecular formula is C19H15FN4O3. The number of ether oxygens (including phenoxy) is 1. The monoisotopic (exact) mass is 366 g/mol. The SMILES string of the molecule is OCc1nc(OCc2ccccc2)c2cnn(-c3ccc(F)cc3O)c2n1. The quantitative estimate of drug-likeness (QED) is 0.564. The maximum Gasteiger partial charge on any atom is 0.228 e. The molecule has 0 unspecified atom stereocenters. The summed E-state index contributed by atoms with van der Waals surface area (Å²) in [6.45, 7) is -0.108.